The average molecular weight is 264 g/mol. The van der Waals surface area contributed by atoms with Crippen LogP contribution in [0.3, 0.4) is 0 Å². The number of halogens is 1. The first-order valence-electron chi connectivity index (χ1n) is 5.96. The van der Waals surface area contributed by atoms with Crippen molar-refractivity contribution in [1.82, 2.24) is 16.0 Å². The molecule has 1 aliphatic carbocycles. The fourth-order valence-electron chi connectivity index (χ4n) is 1.28. The molecule has 6 heteroatoms. The van der Waals surface area contributed by atoms with Crippen LogP contribution in [0.1, 0.15) is 26.2 Å². The molecule has 5 nitrogen and oxygen atoms in total. The molecule has 0 spiro atoms. The van der Waals surface area contributed by atoms with Crippen LogP contribution in [0, 0.1) is 5.92 Å². The molecule has 2 amide bonds. The molecule has 3 N–H and O–H groups in total. The maximum atomic E-state index is 11.3. The topological polar surface area (TPSA) is 70.2 Å². The zero-order valence-corrected chi connectivity index (χ0v) is 11.1. The lowest BCUT2D eigenvalue weighted by molar-refractivity contribution is -0.125. The highest BCUT2D eigenvalue weighted by Crippen LogP contribution is 2.27. The highest BCUT2D eigenvalue weighted by atomic mass is 35.5. The van der Waals surface area contributed by atoms with E-state index in [0.717, 1.165) is 18.9 Å². The monoisotopic (exact) mass is 263 g/mol. The normalized spacial score (nSPS) is 13.7. The Morgan fingerprint density at radius 3 is 2.35 bits per heavy atom. The molecule has 1 rings (SSSR count). The quantitative estimate of drug-likeness (QED) is 0.580. The summed E-state index contributed by atoms with van der Waals surface area (Å²) in [4.78, 5) is 22.4. The predicted molar refractivity (Wildman–Crippen MR) is 69.2 cm³/mol. The van der Waals surface area contributed by atoms with Crippen LogP contribution < -0.4 is 16.0 Å². The van der Waals surface area contributed by atoms with Crippen molar-refractivity contribution in [2.24, 2.45) is 5.92 Å². The molecule has 1 fully saturated rings. The van der Waals surface area contributed by atoms with Crippen LogP contribution in [-0.4, -0.2) is 38.0 Å². The summed E-state index contributed by atoms with van der Waals surface area (Å²) < 4.78 is 0. The summed E-state index contributed by atoms with van der Waals surface area (Å²) in [6.45, 7) is 3.94. The van der Waals surface area contributed by atoms with Gasteiger partial charge < -0.3 is 16.0 Å². The van der Waals surface area contributed by atoms with Crippen LogP contribution >= 0.6 is 12.4 Å². The first kappa shape index (κ1) is 16.2. The predicted octanol–water partition coefficient (Wildman–Crippen LogP) is 0.0502. The molecular weight excluding hydrogens is 242 g/mol. The van der Waals surface area contributed by atoms with E-state index in [4.69, 9.17) is 0 Å². The van der Waals surface area contributed by atoms with Gasteiger partial charge in [0.25, 0.3) is 0 Å². The van der Waals surface area contributed by atoms with Gasteiger partial charge in [0.05, 0.1) is 13.1 Å². The Labute approximate surface area is 109 Å². The third-order valence-electron chi connectivity index (χ3n) is 2.43. The van der Waals surface area contributed by atoms with Gasteiger partial charge in [-0.25, -0.2) is 0 Å². The zero-order chi connectivity index (χ0) is 11.8. The summed E-state index contributed by atoms with van der Waals surface area (Å²) in [7, 11) is 0. The third kappa shape index (κ3) is 8.94. The van der Waals surface area contributed by atoms with Crippen molar-refractivity contribution in [3.63, 3.8) is 0 Å². The minimum atomic E-state index is -0.127. The first-order valence-corrected chi connectivity index (χ1v) is 5.96. The Hall–Kier alpha value is -0.810. The number of carbonyl (C=O) groups excluding carboxylic acids is 2. The summed E-state index contributed by atoms with van der Waals surface area (Å²) >= 11 is 0. The van der Waals surface area contributed by atoms with Crippen LogP contribution in [0.15, 0.2) is 0 Å². The van der Waals surface area contributed by atoms with Gasteiger partial charge in [-0.15, -0.1) is 12.4 Å². The van der Waals surface area contributed by atoms with E-state index in [9.17, 15) is 9.59 Å². The van der Waals surface area contributed by atoms with Crippen molar-refractivity contribution in [2.75, 3.05) is 26.2 Å². The number of carbonyl (C=O) groups is 2. The SMILES string of the molecule is CCCNC(=O)CNC(=O)CNCC1CC1.Cl. The van der Waals surface area contributed by atoms with Gasteiger partial charge in [0.1, 0.15) is 0 Å². The fraction of sp³-hybridized carbons (Fsp3) is 0.818. The highest BCUT2D eigenvalue weighted by Gasteiger charge is 2.20. The van der Waals surface area contributed by atoms with E-state index in [0.29, 0.717) is 13.1 Å². The Kier molecular flexibility index (Phi) is 8.80. The molecule has 0 aliphatic heterocycles. The summed E-state index contributed by atoms with van der Waals surface area (Å²) in [5.41, 5.74) is 0. The molecule has 0 heterocycles. The van der Waals surface area contributed by atoms with E-state index in [1.807, 2.05) is 6.92 Å². The van der Waals surface area contributed by atoms with E-state index >= 15 is 0 Å². The van der Waals surface area contributed by atoms with Gasteiger partial charge >= 0.3 is 0 Å². The summed E-state index contributed by atoms with van der Waals surface area (Å²) in [5, 5.41) is 8.34. The summed E-state index contributed by atoms with van der Waals surface area (Å²) in [5.74, 6) is 0.519. The number of hydrogen-bond acceptors (Lipinski definition) is 3. The lowest BCUT2D eigenvalue weighted by atomic mass is 10.4. The van der Waals surface area contributed by atoms with E-state index in [1.165, 1.54) is 12.8 Å². The van der Waals surface area contributed by atoms with Crippen molar-refractivity contribution in [2.45, 2.75) is 26.2 Å². The highest BCUT2D eigenvalue weighted by molar-refractivity contribution is 5.85. The molecule has 0 aromatic rings. The van der Waals surface area contributed by atoms with E-state index in [-0.39, 0.29) is 30.8 Å². The molecule has 0 saturated heterocycles. The van der Waals surface area contributed by atoms with Gasteiger partial charge in [-0.1, -0.05) is 6.92 Å². The molecule has 1 saturated carbocycles. The van der Waals surface area contributed by atoms with Crippen LogP contribution in [0.4, 0.5) is 0 Å². The van der Waals surface area contributed by atoms with Crippen molar-refractivity contribution < 1.29 is 9.59 Å². The number of rotatable bonds is 8. The molecule has 0 atom stereocenters. The zero-order valence-electron chi connectivity index (χ0n) is 10.3. The Morgan fingerprint density at radius 2 is 1.76 bits per heavy atom. The van der Waals surface area contributed by atoms with E-state index in [2.05, 4.69) is 16.0 Å². The number of nitrogens with one attached hydrogen (secondary N) is 3. The van der Waals surface area contributed by atoms with Gasteiger partial charge in [-0.2, -0.15) is 0 Å². The van der Waals surface area contributed by atoms with Crippen molar-refractivity contribution in [1.29, 1.82) is 0 Å². The van der Waals surface area contributed by atoms with Gasteiger partial charge in [-0.3, -0.25) is 9.59 Å². The molecule has 1 aliphatic rings. The number of amides is 2. The fourth-order valence-corrected chi connectivity index (χ4v) is 1.28. The van der Waals surface area contributed by atoms with Gasteiger partial charge in [-0.05, 0) is 31.7 Å². The third-order valence-corrected chi connectivity index (χ3v) is 2.43. The second kappa shape index (κ2) is 9.24. The molecule has 100 valence electrons. The van der Waals surface area contributed by atoms with Crippen molar-refractivity contribution in [3.05, 3.63) is 0 Å². The van der Waals surface area contributed by atoms with Crippen molar-refractivity contribution >= 4 is 24.2 Å². The second-order valence-corrected chi connectivity index (χ2v) is 4.20. The van der Waals surface area contributed by atoms with Gasteiger partial charge in [0, 0.05) is 6.54 Å². The summed E-state index contributed by atoms with van der Waals surface area (Å²) in [6.07, 6.45) is 3.45. The number of hydrogen-bond donors (Lipinski definition) is 3. The largest absolute Gasteiger partial charge is 0.355 e. The molecule has 17 heavy (non-hydrogen) atoms. The standard InChI is InChI=1S/C11H21N3O2.ClH/c1-2-5-13-11(16)8-14-10(15)7-12-6-9-3-4-9;/h9,12H,2-8H2,1H3,(H,13,16)(H,14,15);1H. The van der Waals surface area contributed by atoms with Gasteiger partial charge in [0.2, 0.25) is 11.8 Å². The van der Waals surface area contributed by atoms with Crippen LogP contribution in [-0.2, 0) is 9.59 Å². The van der Waals surface area contributed by atoms with Crippen LogP contribution in [0.5, 0.6) is 0 Å². The minimum absolute atomic E-state index is 0. The Bertz CT molecular complexity index is 245. The molecule has 0 radical (unpaired) electrons. The second-order valence-electron chi connectivity index (χ2n) is 4.20. The Morgan fingerprint density at radius 1 is 1.12 bits per heavy atom. The lowest BCUT2D eigenvalue weighted by Gasteiger charge is -2.06. The van der Waals surface area contributed by atoms with Crippen LogP contribution in [0.25, 0.3) is 0 Å². The molecular formula is C11H22ClN3O2. The maximum Gasteiger partial charge on any atom is 0.239 e. The average Bonchev–Trinajstić information content (AvgIpc) is 3.07. The smallest absolute Gasteiger partial charge is 0.239 e. The molecule has 0 unspecified atom stereocenters. The van der Waals surface area contributed by atoms with Gasteiger partial charge in [0.15, 0.2) is 0 Å². The lowest BCUT2D eigenvalue weighted by Crippen LogP contribution is -2.41. The Balaban J connectivity index is 0.00000256. The maximum absolute atomic E-state index is 11.3. The van der Waals surface area contributed by atoms with E-state index < -0.39 is 0 Å². The van der Waals surface area contributed by atoms with E-state index in [1.54, 1.807) is 0 Å². The molecule has 0 aromatic carbocycles. The molecule has 0 aromatic heterocycles. The van der Waals surface area contributed by atoms with Crippen molar-refractivity contribution in [3.8, 4) is 0 Å². The summed E-state index contributed by atoms with van der Waals surface area (Å²) in [6, 6.07) is 0. The minimum Gasteiger partial charge on any atom is -0.355 e. The molecule has 0 bridgehead atoms. The van der Waals surface area contributed by atoms with Crippen LogP contribution in [0.2, 0.25) is 0 Å². The first-order chi connectivity index (χ1) is 7.72.